The minimum absolute atomic E-state index is 0.0654. The van der Waals surface area contributed by atoms with Crippen molar-refractivity contribution < 1.29 is 9.53 Å². The average molecular weight is 697 g/mol. The summed E-state index contributed by atoms with van der Waals surface area (Å²) >= 11 is 0. The van der Waals surface area contributed by atoms with Crippen molar-refractivity contribution in [2.75, 3.05) is 24.5 Å². The first-order chi connectivity index (χ1) is 25.0. The Bertz CT molecular complexity index is 2090. The maximum Gasteiger partial charge on any atom is 0.260 e. The molecule has 0 saturated heterocycles. The van der Waals surface area contributed by atoms with Gasteiger partial charge in [-0.05, 0) is 85.5 Å². The summed E-state index contributed by atoms with van der Waals surface area (Å²) in [5.74, 6) is 1.39. The summed E-state index contributed by atoms with van der Waals surface area (Å²) < 4.78 is 8.24. The Morgan fingerprint density at radius 2 is 1.58 bits per heavy atom. The fraction of sp³-hybridized carbons (Fsp3) is 0.364. The number of likely N-dealkylation sites (N-methyl/N-ethyl adjacent to an activating group) is 1. The van der Waals surface area contributed by atoms with Crippen molar-refractivity contribution in [1.29, 1.82) is 0 Å². The number of imidazole rings is 1. The van der Waals surface area contributed by atoms with E-state index in [4.69, 9.17) is 19.8 Å². The van der Waals surface area contributed by atoms with Crippen LogP contribution in [-0.2, 0) is 15.6 Å². The third-order valence-electron chi connectivity index (χ3n) is 10.7. The topological polar surface area (TPSA) is 84.1 Å². The highest BCUT2D eigenvalue weighted by atomic mass is 16.5. The first kappa shape index (κ1) is 36.5. The number of ether oxygens (including phenoxy) is 1. The molecule has 1 aliphatic rings. The SMILES string of the molecule is CCN(CCNC(=O)C(C)Oc1ccc(C(C)(C)CC)cc1C(C)(C)CC)c1ccc(N=C2C(c3ccccc3)=Nn3c2nc2ccccc23)cc1. The van der Waals surface area contributed by atoms with Crippen molar-refractivity contribution in [1.82, 2.24) is 15.0 Å². The van der Waals surface area contributed by atoms with E-state index < -0.39 is 6.10 Å². The molecule has 2 heterocycles. The third kappa shape index (κ3) is 7.52. The largest absolute Gasteiger partial charge is 0.481 e. The van der Waals surface area contributed by atoms with E-state index in [1.54, 1.807) is 0 Å². The lowest BCUT2D eigenvalue weighted by atomic mass is 9.76. The number of benzene rings is 4. The molecule has 0 saturated carbocycles. The molecule has 0 aliphatic carbocycles. The van der Waals surface area contributed by atoms with Gasteiger partial charge in [-0.1, -0.05) is 96.1 Å². The lowest BCUT2D eigenvalue weighted by Gasteiger charge is -2.31. The number of para-hydroxylation sites is 2. The highest BCUT2D eigenvalue weighted by molar-refractivity contribution is 6.54. The molecule has 1 N–H and O–H groups in total. The molecule has 6 rings (SSSR count). The van der Waals surface area contributed by atoms with Gasteiger partial charge < -0.3 is 15.0 Å². The number of carbonyl (C=O) groups excluding carboxylic acids is 1. The summed E-state index contributed by atoms with van der Waals surface area (Å²) in [4.78, 5) is 25.5. The van der Waals surface area contributed by atoms with Gasteiger partial charge in [-0.2, -0.15) is 5.10 Å². The van der Waals surface area contributed by atoms with Crippen molar-refractivity contribution in [3.05, 3.63) is 120 Å². The number of nitrogens with zero attached hydrogens (tertiary/aromatic N) is 5. The van der Waals surface area contributed by atoms with E-state index in [1.165, 1.54) is 5.56 Å². The van der Waals surface area contributed by atoms with Gasteiger partial charge in [0.05, 0.1) is 16.7 Å². The number of hydrogen-bond donors (Lipinski definition) is 1. The molecular formula is C44H52N6O2. The smallest absolute Gasteiger partial charge is 0.260 e. The molecule has 1 aliphatic heterocycles. The molecule has 0 bridgehead atoms. The van der Waals surface area contributed by atoms with Gasteiger partial charge in [-0.25, -0.2) is 14.7 Å². The molecule has 4 aromatic carbocycles. The van der Waals surface area contributed by atoms with Crippen LogP contribution in [0.3, 0.4) is 0 Å². The number of anilines is 1. The number of aliphatic imine (C=N–C) groups is 1. The maximum absolute atomic E-state index is 13.3. The number of rotatable bonds is 14. The van der Waals surface area contributed by atoms with E-state index in [-0.39, 0.29) is 16.7 Å². The van der Waals surface area contributed by atoms with Gasteiger partial charge in [0.1, 0.15) is 17.2 Å². The Balaban J connectivity index is 1.12. The molecule has 8 heteroatoms. The Kier molecular flexibility index (Phi) is 10.7. The average Bonchev–Trinajstić information content (AvgIpc) is 3.70. The van der Waals surface area contributed by atoms with Crippen LogP contribution in [0.5, 0.6) is 5.75 Å². The summed E-state index contributed by atoms with van der Waals surface area (Å²) in [5, 5.41) is 8.06. The monoisotopic (exact) mass is 696 g/mol. The zero-order valence-electron chi connectivity index (χ0n) is 31.9. The van der Waals surface area contributed by atoms with Gasteiger partial charge in [0.2, 0.25) is 0 Å². The Labute approximate surface area is 308 Å². The van der Waals surface area contributed by atoms with Crippen molar-refractivity contribution in [3.8, 4) is 5.75 Å². The number of aromatic nitrogens is 2. The molecule has 52 heavy (non-hydrogen) atoms. The summed E-state index contributed by atoms with van der Waals surface area (Å²) in [5.41, 5.74) is 8.67. The van der Waals surface area contributed by atoms with Crippen LogP contribution >= 0.6 is 0 Å². The summed E-state index contributed by atoms with van der Waals surface area (Å²) in [6.07, 6.45) is 1.38. The van der Waals surface area contributed by atoms with Crippen LogP contribution in [0.15, 0.2) is 107 Å². The molecule has 0 fully saturated rings. The lowest BCUT2D eigenvalue weighted by Crippen LogP contribution is -2.41. The third-order valence-corrected chi connectivity index (χ3v) is 10.7. The zero-order chi connectivity index (χ0) is 37.0. The predicted octanol–water partition coefficient (Wildman–Crippen LogP) is 9.21. The van der Waals surface area contributed by atoms with Gasteiger partial charge in [0, 0.05) is 36.4 Å². The second-order valence-electron chi connectivity index (χ2n) is 14.8. The molecule has 1 atom stereocenters. The van der Waals surface area contributed by atoms with Crippen molar-refractivity contribution in [2.24, 2.45) is 10.1 Å². The van der Waals surface area contributed by atoms with E-state index >= 15 is 0 Å². The Morgan fingerprint density at radius 1 is 0.885 bits per heavy atom. The molecular weight excluding hydrogens is 645 g/mol. The highest BCUT2D eigenvalue weighted by Gasteiger charge is 2.29. The van der Waals surface area contributed by atoms with E-state index in [9.17, 15) is 4.79 Å². The van der Waals surface area contributed by atoms with Crippen LogP contribution < -0.4 is 15.0 Å². The van der Waals surface area contributed by atoms with Gasteiger partial charge in [-0.15, -0.1) is 0 Å². The summed E-state index contributed by atoms with van der Waals surface area (Å²) in [6, 6.07) is 32.8. The van der Waals surface area contributed by atoms with Gasteiger partial charge in [0.15, 0.2) is 11.9 Å². The summed E-state index contributed by atoms with van der Waals surface area (Å²) in [6.45, 7) is 19.3. The fourth-order valence-electron chi connectivity index (χ4n) is 6.43. The lowest BCUT2D eigenvalue weighted by molar-refractivity contribution is -0.127. The summed E-state index contributed by atoms with van der Waals surface area (Å²) in [7, 11) is 0. The molecule has 0 radical (unpaired) electrons. The van der Waals surface area contributed by atoms with Gasteiger partial charge in [-0.3, -0.25) is 4.79 Å². The zero-order valence-corrected chi connectivity index (χ0v) is 31.9. The molecule has 1 aromatic heterocycles. The quantitative estimate of drug-likeness (QED) is 0.126. The van der Waals surface area contributed by atoms with Crippen LogP contribution in [0.1, 0.15) is 90.7 Å². The number of amides is 1. The van der Waals surface area contributed by atoms with E-state index in [2.05, 4.69) is 89.0 Å². The van der Waals surface area contributed by atoms with E-state index in [0.29, 0.717) is 13.1 Å². The molecule has 5 aromatic rings. The molecule has 8 nitrogen and oxygen atoms in total. The first-order valence-corrected chi connectivity index (χ1v) is 18.6. The van der Waals surface area contributed by atoms with Crippen molar-refractivity contribution in [2.45, 2.75) is 85.2 Å². The number of fused-ring (bicyclic) bond motifs is 3. The second kappa shape index (κ2) is 15.2. The molecule has 1 unspecified atom stereocenters. The van der Waals surface area contributed by atoms with Crippen LogP contribution in [0.2, 0.25) is 0 Å². The van der Waals surface area contributed by atoms with Gasteiger partial charge in [0.25, 0.3) is 5.91 Å². The molecule has 1 amide bonds. The van der Waals surface area contributed by atoms with Crippen molar-refractivity contribution >= 4 is 39.7 Å². The maximum atomic E-state index is 13.3. The highest BCUT2D eigenvalue weighted by Crippen LogP contribution is 2.39. The minimum atomic E-state index is -0.627. The van der Waals surface area contributed by atoms with Crippen LogP contribution in [0, 0.1) is 0 Å². The number of nitrogens with one attached hydrogen (secondary N) is 1. The number of carbonyl (C=O) groups is 1. The van der Waals surface area contributed by atoms with Crippen molar-refractivity contribution in [3.63, 3.8) is 0 Å². The van der Waals surface area contributed by atoms with Gasteiger partial charge >= 0.3 is 0 Å². The second-order valence-corrected chi connectivity index (χ2v) is 14.8. The fourth-order valence-corrected chi connectivity index (χ4v) is 6.43. The molecule has 0 spiro atoms. The number of hydrogen-bond acceptors (Lipinski definition) is 6. The van der Waals surface area contributed by atoms with Crippen LogP contribution in [0.25, 0.3) is 11.0 Å². The minimum Gasteiger partial charge on any atom is -0.481 e. The van der Waals surface area contributed by atoms with Crippen LogP contribution in [0.4, 0.5) is 11.4 Å². The first-order valence-electron chi connectivity index (χ1n) is 18.6. The van der Waals surface area contributed by atoms with E-state index in [0.717, 1.165) is 75.9 Å². The normalized spacial score (nSPS) is 14.3. The van der Waals surface area contributed by atoms with Crippen LogP contribution in [-0.4, -0.2) is 52.7 Å². The molecule has 270 valence electrons. The standard InChI is InChI=1S/C44H52N6O2/c1-9-43(5,6)32-21-26-38(35(29-32)44(7,8)10-2)52-30(4)42(51)45-27-28-49(11-3)34-24-22-33(23-25-34)46-40-39(31-17-13-12-14-18-31)48-50-37-20-16-15-19-36(37)47-41(40)50/h12-26,29-30H,9-11,27-28H2,1-8H3,(H,45,51). The Morgan fingerprint density at radius 3 is 2.27 bits per heavy atom. The Hall–Kier alpha value is -5.24. The predicted molar refractivity (Wildman–Crippen MR) is 215 cm³/mol. The van der Waals surface area contributed by atoms with E-state index in [1.807, 2.05) is 78.3 Å².